The molecule has 0 aromatic heterocycles. The zero-order valence-electron chi connectivity index (χ0n) is 9.92. The molecule has 0 aliphatic heterocycles. The van der Waals surface area contributed by atoms with Crippen molar-refractivity contribution in [1.29, 1.82) is 0 Å². The van der Waals surface area contributed by atoms with Crippen LogP contribution in [0.2, 0.25) is 5.02 Å². The fourth-order valence-electron chi connectivity index (χ4n) is 1.30. The van der Waals surface area contributed by atoms with Crippen LogP contribution in [0.3, 0.4) is 0 Å². The van der Waals surface area contributed by atoms with Gasteiger partial charge in [0.05, 0.1) is 25.5 Å². The molecule has 0 saturated carbocycles. The zero-order valence-corrected chi connectivity index (χ0v) is 10.7. The van der Waals surface area contributed by atoms with Crippen molar-refractivity contribution in [3.05, 3.63) is 23.2 Å². The van der Waals surface area contributed by atoms with Crippen molar-refractivity contribution < 1.29 is 9.47 Å². The molecule has 1 aromatic carbocycles. The van der Waals surface area contributed by atoms with Gasteiger partial charge in [0.2, 0.25) is 0 Å². The Morgan fingerprint density at radius 1 is 1.38 bits per heavy atom. The molecular weight excluding hydrogens is 226 g/mol. The minimum absolute atomic E-state index is 0.253. The average Bonchev–Trinajstić information content (AvgIpc) is 2.24. The molecule has 1 N–H and O–H groups in total. The first-order valence-electron chi connectivity index (χ1n) is 5.32. The summed E-state index contributed by atoms with van der Waals surface area (Å²) in [6.45, 7) is 5.42. The van der Waals surface area contributed by atoms with Gasteiger partial charge in [-0.3, -0.25) is 0 Å². The summed E-state index contributed by atoms with van der Waals surface area (Å²) < 4.78 is 10.6. The highest BCUT2D eigenvalue weighted by Gasteiger charge is 2.02. The van der Waals surface area contributed by atoms with Gasteiger partial charge in [-0.05, 0) is 32.0 Å². The number of hydrogen-bond acceptors (Lipinski definition) is 3. The van der Waals surface area contributed by atoms with Crippen LogP contribution in [0.15, 0.2) is 18.2 Å². The van der Waals surface area contributed by atoms with Gasteiger partial charge in [-0.15, -0.1) is 0 Å². The van der Waals surface area contributed by atoms with Crippen LogP contribution in [-0.2, 0) is 4.74 Å². The Kier molecular flexibility index (Phi) is 5.43. The van der Waals surface area contributed by atoms with Crippen LogP contribution in [0.5, 0.6) is 5.75 Å². The van der Waals surface area contributed by atoms with Crippen molar-refractivity contribution in [2.75, 3.05) is 25.6 Å². The molecular formula is C12H18ClNO2. The molecule has 0 aliphatic rings. The Labute approximate surface area is 102 Å². The van der Waals surface area contributed by atoms with E-state index in [2.05, 4.69) is 5.32 Å². The van der Waals surface area contributed by atoms with Gasteiger partial charge < -0.3 is 14.8 Å². The number of methoxy groups -OCH3 is 1. The maximum atomic E-state index is 5.91. The molecule has 0 unspecified atom stereocenters. The van der Waals surface area contributed by atoms with Crippen molar-refractivity contribution in [3.63, 3.8) is 0 Å². The van der Waals surface area contributed by atoms with Crippen molar-refractivity contribution >= 4 is 17.3 Å². The first kappa shape index (κ1) is 13.1. The highest BCUT2D eigenvalue weighted by atomic mass is 35.5. The Morgan fingerprint density at radius 2 is 2.12 bits per heavy atom. The maximum Gasteiger partial charge on any atom is 0.142 e. The summed E-state index contributed by atoms with van der Waals surface area (Å²) in [5, 5.41) is 3.91. The van der Waals surface area contributed by atoms with Gasteiger partial charge in [-0.2, -0.15) is 0 Å². The van der Waals surface area contributed by atoms with E-state index in [9.17, 15) is 0 Å². The van der Waals surface area contributed by atoms with Crippen molar-refractivity contribution in [3.8, 4) is 5.75 Å². The second kappa shape index (κ2) is 6.61. The summed E-state index contributed by atoms with van der Waals surface area (Å²) in [5.74, 6) is 0.786. The van der Waals surface area contributed by atoms with Gasteiger partial charge in [-0.25, -0.2) is 0 Å². The molecule has 0 aliphatic carbocycles. The van der Waals surface area contributed by atoms with Gasteiger partial charge in [0.15, 0.2) is 0 Å². The topological polar surface area (TPSA) is 30.5 Å². The molecule has 0 amide bonds. The van der Waals surface area contributed by atoms with E-state index in [1.807, 2.05) is 26.0 Å². The summed E-state index contributed by atoms with van der Waals surface area (Å²) in [7, 11) is 1.64. The van der Waals surface area contributed by atoms with Crippen LogP contribution in [0.4, 0.5) is 5.69 Å². The first-order chi connectivity index (χ1) is 7.63. The van der Waals surface area contributed by atoms with Crippen LogP contribution < -0.4 is 10.1 Å². The minimum atomic E-state index is 0.253. The van der Waals surface area contributed by atoms with E-state index >= 15 is 0 Å². The highest BCUT2D eigenvalue weighted by molar-refractivity contribution is 6.30. The highest BCUT2D eigenvalue weighted by Crippen LogP contribution is 2.27. The number of benzene rings is 1. The molecule has 0 spiro atoms. The smallest absolute Gasteiger partial charge is 0.142 e. The minimum Gasteiger partial charge on any atom is -0.495 e. The van der Waals surface area contributed by atoms with Crippen molar-refractivity contribution in [2.24, 2.45) is 0 Å². The zero-order chi connectivity index (χ0) is 12.0. The molecule has 3 nitrogen and oxygen atoms in total. The Hall–Kier alpha value is -0.930. The quantitative estimate of drug-likeness (QED) is 0.779. The largest absolute Gasteiger partial charge is 0.495 e. The lowest BCUT2D eigenvalue weighted by Crippen LogP contribution is -2.13. The number of ether oxygens (including phenoxy) is 2. The Balaban J connectivity index is 2.48. The Bertz CT molecular complexity index is 329. The first-order valence-corrected chi connectivity index (χ1v) is 5.70. The van der Waals surface area contributed by atoms with E-state index in [0.717, 1.165) is 18.0 Å². The van der Waals surface area contributed by atoms with Gasteiger partial charge in [-0.1, -0.05) is 11.6 Å². The average molecular weight is 244 g/mol. The molecule has 0 saturated heterocycles. The normalized spacial score (nSPS) is 10.6. The van der Waals surface area contributed by atoms with E-state index < -0.39 is 0 Å². The van der Waals surface area contributed by atoms with Crippen LogP contribution >= 0.6 is 11.6 Å². The lowest BCUT2D eigenvalue weighted by atomic mass is 10.3. The summed E-state index contributed by atoms with van der Waals surface area (Å²) in [6.07, 6.45) is 0.253. The van der Waals surface area contributed by atoms with Gasteiger partial charge in [0.1, 0.15) is 5.75 Å². The Morgan fingerprint density at radius 3 is 2.75 bits per heavy atom. The van der Waals surface area contributed by atoms with E-state index in [1.54, 1.807) is 13.2 Å². The van der Waals surface area contributed by atoms with E-state index in [1.165, 1.54) is 0 Å². The second-order valence-electron chi connectivity index (χ2n) is 3.69. The maximum absolute atomic E-state index is 5.91. The van der Waals surface area contributed by atoms with Crippen LogP contribution in [0, 0.1) is 0 Å². The number of nitrogens with one attached hydrogen (secondary N) is 1. The standard InChI is InChI=1S/C12H18ClNO2/c1-9(2)16-7-6-14-11-8-10(13)4-5-12(11)15-3/h4-5,8-9,14H,6-7H2,1-3H3. The number of anilines is 1. The third-order valence-corrected chi connectivity index (χ3v) is 2.27. The number of halogens is 1. The molecule has 0 radical (unpaired) electrons. The SMILES string of the molecule is COc1ccc(Cl)cc1NCCOC(C)C. The van der Waals surface area contributed by atoms with Crippen LogP contribution in [0.25, 0.3) is 0 Å². The third kappa shape index (κ3) is 4.29. The number of rotatable bonds is 6. The lowest BCUT2D eigenvalue weighted by Gasteiger charge is -2.12. The van der Waals surface area contributed by atoms with Crippen LogP contribution in [-0.4, -0.2) is 26.4 Å². The van der Waals surface area contributed by atoms with Gasteiger partial charge in [0.25, 0.3) is 0 Å². The van der Waals surface area contributed by atoms with E-state index in [0.29, 0.717) is 11.6 Å². The van der Waals surface area contributed by atoms with Gasteiger partial charge >= 0.3 is 0 Å². The summed E-state index contributed by atoms with van der Waals surface area (Å²) in [4.78, 5) is 0. The number of hydrogen-bond donors (Lipinski definition) is 1. The molecule has 90 valence electrons. The van der Waals surface area contributed by atoms with Gasteiger partial charge in [0, 0.05) is 11.6 Å². The van der Waals surface area contributed by atoms with Crippen molar-refractivity contribution in [2.45, 2.75) is 20.0 Å². The fourth-order valence-corrected chi connectivity index (χ4v) is 1.47. The fraction of sp³-hybridized carbons (Fsp3) is 0.500. The molecule has 0 heterocycles. The molecule has 0 fully saturated rings. The van der Waals surface area contributed by atoms with Crippen LogP contribution in [0.1, 0.15) is 13.8 Å². The van der Waals surface area contributed by atoms with E-state index in [-0.39, 0.29) is 6.10 Å². The predicted molar refractivity (Wildman–Crippen MR) is 67.6 cm³/mol. The monoisotopic (exact) mass is 243 g/mol. The molecule has 16 heavy (non-hydrogen) atoms. The summed E-state index contributed by atoms with van der Waals surface area (Å²) >= 11 is 5.91. The lowest BCUT2D eigenvalue weighted by molar-refractivity contribution is 0.0870. The molecule has 1 rings (SSSR count). The second-order valence-corrected chi connectivity index (χ2v) is 4.13. The summed E-state index contributed by atoms with van der Waals surface area (Å²) in [6, 6.07) is 5.49. The molecule has 1 aromatic rings. The van der Waals surface area contributed by atoms with Crippen molar-refractivity contribution in [1.82, 2.24) is 0 Å². The molecule has 0 bridgehead atoms. The molecule has 0 atom stereocenters. The third-order valence-electron chi connectivity index (χ3n) is 2.03. The van der Waals surface area contributed by atoms with E-state index in [4.69, 9.17) is 21.1 Å². The molecule has 4 heteroatoms. The summed E-state index contributed by atoms with van der Waals surface area (Å²) in [5.41, 5.74) is 0.891. The predicted octanol–water partition coefficient (Wildman–Crippen LogP) is 3.19.